The van der Waals surface area contributed by atoms with E-state index in [0.717, 1.165) is 18.2 Å². The van der Waals surface area contributed by atoms with E-state index in [4.69, 9.17) is 5.26 Å². The lowest BCUT2D eigenvalue weighted by atomic mass is 10.1. The van der Waals surface area contributed by atoms with Crippen molar-refractivity contribution in [1.82, 2.24) is 10.2 Å². The number of nitrogens with zero attached hydrogens (tertiary/aromatic N) is 3. The summed E-state index contributed by atoms with van der Waals surface area (Å²) in [5.74, 6) is -1.11. The summed E-state index contributed by atoms with van der Waals surface area (Å²) in [6, 6.07) is 4.98. The molecule has 0 saturated carbocycles. The maximum Gasteiger partial charge on any atom is 0.171 e. The maximum atomic E-state index is 13.5. The smallest absolute Gasteiger partial charge is 0.171 e. The van der Waals surface area contributed by atoms with Crippen LogP contribution in [0, 0.1) is 36.8 Å². The average molecular weight is 260 g/mol. The van der Waals surface area contributed by atoms with Gasteiger partial charge < -0.3 is 5.32 Å². The van der Waals surface area contributed by atoms with E-state index in [2.05, 4.69) is 15.5 Å². The monoisotopic (exact) mass is 260 g/mol. The van der Waals surface area contributed by atoms with Crippen LogP contribution < -0.4 is 5.32 Å². The van der Waals surface area contributed by atoms with E-state index in [1.54, 1.807) is 13.8 Å². The predicted molar refractivity (Wildman–Crippen MR) is 65.9 cm³/mol. The zero-order chi connectivity index (χ0) is 14.0. The molecule has 4 nitrogen and oxygen atoms in total. The van der Waals surface area contributed by atoms with Crippen molar-refractivity contribution >= 4 is 11.5 Å². The Bertz CT molecular complexity index is 677. The van der Waals surface area contributed by atoms with Gasteiger partial charge in [-0.05, 0) is 31.5 Å². The molecule has 0 amide bonds. The molecule has 0 unspecified atom stereocenters. The molecule has 0 aliphatic carbocycles. The second-order valence-electron chi connectivity index (χ2n) is 3.99. The number of aromatic nitrogens is 2. The van der Waals surface area contributed by atoms with Crippen LogP contribution in [0.2, 0.25) is 0 Å². The molecular formula is C13H10F2N4. The lowest BCUT2D eigenvalue weighted by Gasteiger charge is -2.10. The van der Waals surface area contributed by atoms with Gasteiger partial charge in [-0.15, -0.1) is 5.10 Å². The number of rotatable bonds is 2. The highest BCUT2D eigenvalue weighted by Crippen LogP contribution is 2.23. The molecule has 1 aromatic carbocycles. The highest BCUT2D eigenvalue weighted by atomic mass is 19.1. The van der Waals surface area contributed by atoms with E-state index in [0.29, 0.717) is 11.3 Å². The Balaban J connectivity index is 2.47. The molecule has 1 heterocycles. The number of nitrogens with one attached hydrogen (secondary N) is 1. The first-order chi connectivity index (χ1) is 9.02. The van der Waals surface area contributed by atoms with Crippen LogP contribution in [0.15, 0.2) is 18.2 Å². The minimum absolute atomic E-state index is 0.0888. The molecule has 6 heteroatoms. The van der Waals surface area contributed by atoms with Crippen molar-refractivity contribution in [3.63, 3.8) is 0 Å². The van der Waals surface area contributed by atoms with Crippen molar-refractivity contribution in [3.8, 4) is 6.07 Å². The summed E-state index contributed by atoms with van der Waals surface area (Å²) in [7, 11) is 0. The number of hydrogen-bond acceptors (Lipinski definition) is 4. The van der Waals surface area contributed by atoms with E-state index in [-0.39, 0.29) is 17.1 Å². The lowest BCUT2D eigenvalue weighted by molar-refractivity contribution is 0.603. The van der Waals surface area contributed by atoms with Crippen molar-refractivity contribution in [2.24, 2.45) is 0 Å². The first-order valence-corrected chi connectivity index (χ1v) is 5.49. The molecule has 1 N–H and O–H groups in total. The van der Waals surface area contributed by atoms with Gasteiger partial charge in [0, 0.05) is 6.07 Å². The SMILES string of the molecule is Cc1nnc(Nc2cc(F)ccc2F)c(C#N)c1C. The van der Waals surface area contributed by atoms with Crippen LogP contribution in [-0.2, 0) is 0 Å². The summed E-state index contributed by atoms with van der Waals surface area (Å²) < 4.78 is 26.6. The number of nitriles is 1. The predicted octanol–water partition coefficient (Wildman–Crippen LogP) is 2.99. The van der Waals surface area contributed by atoms with Gasteiger partial charge in [0.1, 0.15) is 23.3 Å². The first-order valence-electron chi connectivity index (χ1n) is 5.49. The van der Waals surface area contributed by atoms with Crippen molar-refractivity contribution in [2.75, 3.05) is 5.32 Å². The van der Waals surface area contributed by atoms with Crippen molar-refractivity contribution in [3.05, 3.63) is 46.7 Å². The molecule has 0 saturated heterocycles. The fourth-order valence-corrected chi connectivity index (χ4v) is 1.55. The van der Waals surface area contributed by atoms with Gasteiger partial charge in [0.15, 0.2) is 5.82 Å². The van der Waals surface area contributed by atoms with Gasteiger partial charge in [0.05, 0.1) is 11.4 Å². The minimum Gasteiger partial charge on any atom is -0.335 e. The fraction of sp³-hybridized carbons (Fsp3) is 0.154. The summed E-state index contributed by atoms with van der Waals surface area (Å²) in [4.78, 5) is 0. The molecule has 0 fully saturated rings. The number of hydrogen-bond donors (Lipinski definition) is 1. The van der Waals surface area contributed by atoms with Crippen LogP contribution in [0.1, 0.15) is 16.8 Å². The summed E-state index contributed by atoms with van der Waals surface area (Å²) in [5.41, 5.74) is 1.43. The molecule has 2 aromatic rings. The third-order valence-corrected chi connectivity index (χ3v) is 2.75. The molecule has 0 aliphatic heterocycles. The van der Waals surface area contributed by atoms with E-state index in [1.807, 2.05) is 6.07 Å². The number of aryl methyl sites for hydroxylation is 1. The van der Waals surface area contributed by atoms with E-state index in [1.165, 1.54) is 0 Å². The second kappa shape index (κ2) is 4.98. The van der Waals surface area contributed by atoms with Gasteiger partial charge in [0.25, 0.3) is 0 Å². The van der Waals surface area contributed by atoms with E-state index < -0.39 is 11.6 Å². The summed E-state index contributed by atoms with van der Waals surface area (Å²) in [6.07, 6.45) is 0. The van der Waals surface area contributed by atoms with E-state index in [9.17, 15) is 8.78 Å². The van der Waals surface area contributed by atoms with Crippen molar-refractivity contribution in [2.45, 2.75) is 13.8 Å². The number of halogens is 2. The van der Waals surface area contributed by atoms with Crippen molar-refractivity contribution < 1.29 is 8.78 Å². The molecule has 1 aromatic heterocycles. The topological polar surface area (TPSA) is 61.6 Å². The molecule has 19 heavy (non-hydrogen) atoms. The largest absolute Gasteiger partial charge is 0.335 e. The van der Waals surface area contributed by atoms with Crippen LogP contribution in [0.5, 0.6) is 0 Å². The fourth-order valence-electron chi connectivity index (χ4n) is 1.55. The highest BCUT2D eigenvalue weighted by Gasteiger charge is 2.13. The van der Waals surface area contributed by atoms with E-state index >= 15 is 0 Å². The number of benzene rings is 1. The molecular weight excluding hydrogens is 250 g/mol. The first kappa shape index (κ1) is 12.9. The zero-order valence-electron chi connectivity index (χ0n) is 10.3. The molecule has 96 valence electrons. The Morgan fingerprint density at radius 3 is 2.63 bits per heavy atom. The highest BCUT2D eigenvalue weighted by molar-refractivity contribution is 5.64. The lowest BCUT2D eigenvalue weighted by Crippen LogP contribution is -2.04. The summed E-state index contributed by atoms with van der Waals surface area (Å²) in [5, 5.41) is 19.3. The molecule has 0 atom stereocenters. The second-order valence-corrected chi connectivity index (χ2v) is 3.99. The number of anilines is 2. The zero-order valence-corrected chi connectivity index (χ0v) is 10.3. The quantitative estimate of drug-likeness (QED) is 0.901. The molecule has 0 aliphatic rings. The van der Waals surface area contributed by atoms with Gasteiger partial charge in [0.2, 0.25) is 0 Å². The van der Waals surface area contributed by atoms with Crippen LogP contribution in [0.4, 0.5) is 20.3 Å². The average Bonchev–Trinajstić information content (AvgIpc) is 2.38. The van der Waals surface area contributed by atoms with Gasteiger partial charge in [-0.3, -0.25) is 0 Å². The normalized spacial score (nSPS) is 10.1. The molecule has 0 radical (unpaired) electrons. The summed E-state index contributed by atoms with van der Waals surface area (Å²) >= 11 is 0. The Morgan fingerprint density at radius 1 is 1.21 bits per heavy atom. The molecule has 0 spiro atoms. The third-order valence-electron chi connectivity index (χ3n) is 2.75. The third kappa shape index (κ3) is 2.50. The Labute approximate surface area is 108 Å². The minimum atomic E-state index is -0.634. The van der Waals surface area contributed by atoms with Crippen LogP contribution in [-0.4, -0.2) is 10.2 Å². The van der Waals surface area contributed by atoms with Crippen LogP contribution in [0.3, 0.4) is 0 Å². The van der Waals surface area contributed by atoms with Gasteiger partial charge in [-0.2, -0.15) is 10.4 Å². The Hall–Kier alpha value is -2.55. The Morgan fingerprint density at radius 2 is 1.95 bits per heavy atom. The van der Waals surface area contributed by atoms with Gasteiger partial charge in [-0.25, -0.2) is 8.78 Å². The Kier molecular flexibility index (Phi) is 3.38. The van der Waals surface area contributed by atoms with Crippen LogP contribution in [0.25, 0.3) is 0 Å². The molecule has 0 bridgehead atoms. The molecule has 2 rings (SSSR count). The van der Waals surface area contributed by atoms with Crippen LogP contribution >= 0.6 is 0 Å². The standard InChI is InChI=1S/C13H10F2N4/c1-7-8(2)18-19-13(10(7)6-16)17-12-5-9(14)3-4-11(12)15/h3-5H,1-2H3,(H,17,19). The summed E-state index contributed by atoms with van der Waals surface area (Å²) in [6.45, 7) is 3.44. The van der Waals surface area contributed by atoms with Gasteiger partial charge in [-0.1, -0.05) is 0 Å². The maximum absolute atomic E-state index is 13.5. The van der Waals surface area contributed by atoms with Crippen molar-refractivity contribution in [1.29, 1.82) is 5.26 Å². The van der Waals surface area contributed by atoms with Gasteiger partial charge >= 0.3 is 0 Å².